The Bertz CT molecular complexity index is 638. The zero-order valence-corrected chi connectivity index (χ0v) is 14.1. The summed E-state index contributed by atoms with van der Waals surface area (Å²) >= 11 is 12.1. The number of nitrogens with two attached hydrogens (primary N) is 2. The number of para-hydroxylation sites is 2. The molecule has 2 atom stereocenters. The lowest BCUT2D eigenvalue weighted by atomic mass is 10.2. The quantitative estimate of drug-likeness (QED) is 0.366. The second-order valence-corrected chi connectivity index (χ2v) is 5.83. The Morgan fingerprint density at radius 3 is 1.29 bits per heavy atom. The van der Waals surface area contributed by atoms with Gasteiger partial charge in [0.1, 0.15) is 10.8 Å². The van der Waals surface area contributed by atoms with Crippen LogP contribution in [0, 0.1) is 0 Å². The van der Waals surface area contributed by atoms with Gasteiger partial charge in [0, 0.05) is 0 Å². The van der Waals surface area contributed by atoms with Gasteiger partial charge in [-0.1, -0.05) is 36.4 Å². The van der Waals surface area contributed by atoms with Gasteiger partial charge < -0.3 is 0 Å². The van der Waals surface area contributed by atoms with Gasteiger partial charge in [-0.25, -0.2) is 21.7 Å². The molecule has 2 aromatic rings. The van der Waals surface area contributed by atoms with Crippen LogP contribution >= 0.6 is 23.2 Å². The van der Waals surface area contributed by atoms with Crippen LogP contribution in [0.3, 0.4) is 0 Å². The van der Waals surface area contributed by atoms with Crippen LogP contribution in [0.4, 0.5) is 11.4 Å². The van der Waals surface area contributed by atoms with Gasteiger partial charge in [0.25, 0.3) is 11.8 Å². The number of amides is 2. The topological polar surface area (TPSA) is 92.7 Å². The van der Waals surface area contributed by atoms with Gasteiger partial charge in [-0.05, 0) is 24.3 Å². The van der Waals surface area contributed by atoms with E-state index in [2.05, 4.69) is 0 Å². The smallest absolute Gasteiger partial charge is 0.261 e. The second-order valence-electron chi connectivity index (χ2n) is 4.89. The summed E-state index contributed by atoms with van der Waals surface area (Å²) in [5.41, 5.74) is 0.856. The predicted molar refractivity (Wildman–Crippen MR) is 95.5 cm³/mol. The Labute approximate surface area is 149 Å². The molecule has 24 heavy (non-hydrogen) atoms. The number of alkyl halides is 2. The van der Waals surface area contributed by atoms with Crippen LogP contribution in [-0.4, -0.2) is 22.6 Å². The number of nitrogens with zero attached hydrogens (tertiary/aromatic N) is 2. The number of benzene rings is 2. The number of hydrazine groups is 2. The molecular weight excluding hydrogens is 351 g/mol. The summed E-state index contributed by atoms with van der Waals surface area (Å²) in [6.07, 6.45) is 0. The summed E-state index contributed by atoms with van der Waals surface area (Å²) in [5, 5.41) is -1.05. The predicted octanol–water partition coefficient (Wildman–Crippen LogP) is 2.01. The molecule has 4 N–H and O–H groups in total. The fourth-order valence-corrected chi connectivity index (χ4v) is 2.37. The van der Waals surface area contributed by atoms with E-state index in [-0.39, 0.29) is 0 Å². The number of carbonyl (C=O) groups excluding carboxylic acids is 2. The Balaban J connectivity index is 2.09. The summed E-state index contributed by atoms with van der Waals surface area (Å²) in [6, 6.07) is 16.9. The molecule has 0 saturated heterocycles. The molecule has 0 aliphatic rings. The standard InChI is InChI=1S/C16H16Cl2N4O2/c17-13(15(23)21(19)11-7-3-1-4-8-11)14(18)16(24)22(20)12-9-5-2-6-10-12/h1-10,13-14H,19-20H2. The van der Waals surface area contributed by atoms with E-state index in [0.29, 0.717) is 11.4 Å². The average Bonchev–Trinajstić information content (AvgIpc) is 2.65. The highest BCUT2D eigenvalue weighted by molar-refractivity contribution is 6.44. The molecule has 0 bridgehead atoms. The van der Waals surface area contributed by atoms with Gasteiger partial charge in [0.2, 0.25) is 0 Å². The fourth-order valence-electron chi connectivity index (χ4n) is 1.95. The molecule has 0 saturated carbocycles. The van der Waals surface area contributed by atoms with E-state index in [4.69, 9.17) is 34.9 Å². The monoisotopic (exact) mass is 366 g/mol. The average molecular weight is 367 g/mol. The minimum Gasteiger partial charge on any atom is -0.271 e. The molecule has 0 heterocycles. The van der Waals surface area contributed by atoms with E-state index in [1.807, 2.05) is 0 Å². The molecule has 2 amide bonds. The third-order valence-corrected chi connectivity index (χ3v) is 4.28. The van der Waals surface area contributed by atoms with Crippen molar-refractivity contribution in [1.82, 2.24) is 0 Å². The van der Waals surface area contributed by atoms with Crippen molar-refractivity contribution in [2.45, 2.75) is 10.8 Å². The Hall–Kier alpha value is -2.12. The molecule has 0 aromatic heterocycles. The van der Waals surface area contributed by atoms with Crippen LogP contribution in [0.5, 0.6) is 0 Å². The van der Waals surface area contributed by atoms with Gasteiger partial charge in [-0.3, -0.25) is 9.59 Å². The van der Waals surface area contributed by atoms with Crippen molar-refractivity contribution >= 4 is 46.4 Å². The zero-order chi connectivity index (χ0) is 17.7. The van der Waals surface area contributed by atoms with Crippen molar-refractivity contribution in [3.63, 3.8) is 0 Å². The van der Waals surface area contributed by atoms with Crippen LogP contribution in [-0.2, 0) is 9.59 Å². The first kappa shape index (κ1) is 18.2. The minimum atomic E-state index is -1.38. The first-order valence-corrected chi connectivity index (χ1v) is 7.86. The second kappa shape index (κ2) is 8.12. The van der Waals surface area contributed by atoms with Gasteiger partial charge in [0.15, 0.2) is 0 Å². The van der Waals surface area contributed by atoms with Crippen LogP contribution in [0.25, 0.3) is 0 Å². The summed E-state index contributed by atoms with van der Waals surface area (Å²) < 4.78 is 0. The van der Waals surface area contributed by atoms with Crippen LogP contribution in [0.2, 0.25) is 0 Å². The van der Waals surface area contributed by atoms with Crippen molar-refractivity contribution < 1.29 is 9.59 Å². The van der Waals surface area contributed by atoms with E-state index in [9.17, 15) is 9.59 Å². The highest BCUT2D eigenvalue weighted by Crippen LogP contribution is 2.20. The molecule has 2 rings (SSSR count). The van der Waals surface area contributed by atoms with Gasteiger partial charge in [-0.15, -0.1) is 23.2 Å². The van der Waals surface area contributed by atoms with Crippen molar-refractivity contribution in [3.8, 4) is 0 Å². The third-order valence-electron chi connectivity index (χ3n) is 3.27. The zero-order valence-electron chi connectivity index (χ0n) is 12.5. The molecule has 8 heteroatoms. The van der Waals surface area contributed by atoms with Crippen LogP contribution < -0.4 is 21.7 Å². The summed E-state index contributed by atoms with van der Waals surface area (Å²) in [5.74, 6) is 10.1. The Morgan fingerprint density at radius 2 is 1.00 bits per heavy atom. The molecule has 0 spiro atoms. The van der Waals surface area contributed by atoms with Gasteiger partial charge >= 0.3 is 0 Å². The maximum absolute atomic E-state index is 12.3. The van der Waals surface area contributed by atoms with E-state index in [1.165, 1.54) is 0 Å². The van der Waals surface area contributed by atoms with E-state index in [1.54, 1.807) is 60.7 Å². The molecule has 126 valence electrons. The maximum Gasteiger partial charge on any atom is 0.261 e. The molecule has 2 unspecified atom stereocenters. The van der Waals surface area contributed by atoms with Crippen molar-refractivity contribution in [3.05, 3.63) is 60.7 Å². The van der Waals surface area contributed by atoms with Gasteiger partial charge in [-0.2, -0.15) is 0 Å². The van der Waals surface area contributed by atoms with E-state index in [0.717, 1.165) is 10.0 Å². The number of rotatable bonds is 5. The largest absolute Gasteiger partial charge is 0.271 e. The highest BCUT2D eigenvalue weighted by atomic mass is 35.5. The first-order chi connectivity index (χ1) is 11.4. The number of hydrogen-bond donors (Lipinski definition) is 2. The fraction of sp³-hybridized carbons (Fsp3) is 0.125. The van der Waals surface area contributed by atoms with E-state index >= 15 is 0 Å². The lowest BCUT2D eigenvalue weighted by Gasteiger charge is -2.24. The van der Waals surface area contributed by atoms with Gasteiger partial charge in [0.05, 0.1) is 11.4 Å². The number of hydrogen-bond acceptors (Lipinski definition) is 4. The summed E-state index contributed by atoms with van der Waals surface area (Å²) in [6.45, 7) is 0. The molecule has 6 nitrogen and oxygen atoms in total. The molecule has 2 aromatic carbocycles. The molecule has 0 fully saturated rings. The van der Waals surface area contributed by atoms with Crippen molar-refractivity contribution in [2.75, 3.05) is 10.0 Å². The Kier molecular flexibility index (Phi) is 6.16. The normalized spacial score (nSPS) is 13.0. The first-order valence-electron chi connectivity index (χ1n) is 6.99. The molecular formula is C16H16Cl2N4O2. The van der Waals surface area contributed by atoms with Crippen LogP contribution in [0.1, 0.15) is 0 Å². The van der Waals surface area contributed by atoms with E-state index < -0.39 is 22.6 Å². The molecule has 0 aliphatic heterocycles. The van der Waals surface area contributed by atoms with Crippen molar-refractivity contribution in [1.29, 1.82) is 0 Å². The minimum absolute atomic E-state index is 0.428. The highest BCUT2D eigenvalue weighted by Gasteiger charge is 2.35. The summed E-state index contributed by atoms with van der Waals surface area (Å²) in [7, 11) is 0. The third kappa shape index (κ3) is 4.04. The maximum atomic E-state index is 12.3. The SMILES string of the molecule is NN(C(=O)C(Cl)C(Cl)C(=O)N(N)c1ccccc1)c1ccccc1. The summed E-state index contributed by atoms with van der Waals surface area (Å²) in [4.78, 5) is 24.6. The number of carbonyl (C=O) groups is 2. The number of halogens is 2. The van der Waals surface area contributed by atoms with Crippen molar-refractivity contribution in [2.24, 2.45) is 11.7 Å². The lowest BCUT2D eigenvalue weighted by Crippen LogP contribution is -2.51. The van der Waals surface area contributed by atoms with Crippen LogP contribution in [0.15, 0.2) is 60.7 Å². The lowest BCUT2D eigenvalue weighted by molar-refractivity contribution is -0.123. The number of anilines is 2. The molecule has 0 radical (unpaired) electrons. The molecule has 0 aliphatic carbocycles. The Morgan fingerprint density at radius 1 is 0.708 bits per heavy atom.